The van der Waals surface area contributed by atoms with Gasteiger partial charge < -0.3 is 15.4 Å². The van der Waals surface area contributed by atoms with Crippen molar-refractivity contribution in [2.45, 2.75) is 29.6 Å². The SMILES string of the molecule is [2H]C([2H])(F)C([2H])([2H])C([2H])([2H])Oc1ccc(Sc2ccc(C)cc2N)c(CN(C)C)c1. The molecule has 0 saturated carbocycles. The van der Waals surface area contributed by atoms with E-state index in [9.17, 15) is 4.39 Å². The molecule has 0 unspecified atom stereocenters. The van der Waals surface area contributed by atoms with Crippen LogP contribution >= 0.6 is 11.8 Å². The van der Waals surface area contributed by atoms with Crippen LogP contribution in [-0.4, -0.2) is 32.2 Å². The highest BCUT2D eigenvalue weighted by Gasteiger charge is 2.10. The van der Waals surface area contributed by atoms with Gasteiger partial charge >= 0.3 is 0 Å². The molecule has 2 aromatic carbocycles. The molecule has 0 aliphatic carbocycles. The van der Waals surface area contributed by atoms with Gasteiger partial charge in [-0.15, -0.1) is 0 Å². The summed E-state index contributed by atoms with van der Waals surface area (Å²) >= 11 is 1.43. The largest absolute Gasteiger partial charge is 0.493 e. The Labute approximate surface area is 156 Å². The van der Waals surface area contributed by atoms with E-state index >= 15 is 0 Å². The molecule has 0 spiro atoms. The number of benzene rings is 2. The third-order valence-corrected chi connectivity index (χ3v) is 4.38. The molecule has 0 aromatic heterocycles. The van der Waals surface area contributed by atoms with Gasteiger partial charge in [-0.1, -0.05) is 17.8 Å². The zero-order valence-corrected chi connectivity index (χ0v) is 14.7. The number of hydrogen-bond donors (Lipinski definition) is 1. The summed E-state index contributed by atoms with van der Waals surface area (Å²) in [7, 11) is 3.72. The van der Waals surface area contributed by atoms with Crippen molar-refractivity contribution in [3.63, 3.8) is 0 Å². The van der Waals surface area contributed by atoms with Crippen molar-refractivity contribution in [3.8, 4) is 5.75 Å². The van der Waals surface area contributed by atoms with E-state index in [1.54, 1.807) is 6.07 Å². The van der Waals surface area contributed by atoms with Crippen LogP contribution in [0.1, 0.15) is 25.7 Å². The maximum absolute atomic E-state index is 13.6. The van der Waals surface area contributed by atoms with E-state index in [4.69, 9.17) is 18.7 Å². The molecule has 0 heterocycles. The molecule has 0 aliphatic heterocycles. The zero-order valence-electron chi connectivity index (χ0n) is 19.9. The van der Waals surface area contributed by atoms with E-state index in [0.717, 1.165) is 20.9 Å². The van der Waals surface area contributed by atoms with Gasteiger partial charge in [-0.25, -0.2) is 0 Å². The van der Waals surface area contributed by atoms with E-state index in [1.165, 1.54) is 23.9 Å². The summed E-state index contributed by atoms with van der Waals surface area (Å²) in [6, 6.07) is 10.4. The van der Waals surface area contributed by atoms with Gasteiger partial charge in [-0.3, -0.25) is 4.39 Å². The number of ether oxygens (including phenoxy) is 1. The van der Waals surface area contributed by atoms with Gasteiger partial charge in [0.15, 0.2) is 0 Å². The van der Waals surface area contributed by atoms with Gasteiger partial charge in [0.2, 0.25) is 0 Å². The van der Waals surface area contributed by atoms with Crippen molar-refractivity contribution >= 4 is 17.4 Å². The third-order valence-electron chi connectivity index (χ3n) is 3.17. The Hall–Kier alpha value is -1.72. The van der Waals surface area contributed by atoms with Crippen molar-refractivity contribution in [1.29, 1.82) is 0 Å². The van der Waals surface area contributed by atoms with Crippen molar-refractivity contribution in [2.24, 2.45) is 0 Å². The maximum Gasteiger partial charge on any atom is 0.119 e. The minimum atomic E-state index is -3.93. The number of hydrogen-bond acceptors (Lipinski definition) is 4. The lowest BCUT2D eigenvalue weighted by Gasteiger charge is -2.16. The summed E-state index contributed by atoms with van der Waals surface area (Å²) in [6.45, 7) is -4.75. The maximum atomic E-state index is 13.6. The summed E-state index contributed by atoms with van der Waals surface area (Å²) in [5.41, 5.74) is 8.54. The van der Waals surface area contributed by atoms with Crippen molar-refractivity contribution in [1.82, 2.24) is 4.90 Å². The van der Waals surface area contributed by atoms with Gasteiger partial charge in [-0.05, 0) is 62.5 Å². The first-order chi connectivity index (χ1) is 13.6. The molecular weight excluding hydrogens is 323 g/mol. The molecule has 2 rings (SSSR count). The van der Waals surface area contributed by atoms with Crippen molar-refractivity contribution < 1.29 is 17.4 Å². The normalized spacial score (nSPS) is 16.5. The minimum absolute atomic E-state index is 0.0359. The molecule has 130 valence electrons. The molecule has 3 nitrogen and oxygen atoms in total. The van der Waals surface area contributed by atoms with E-state index in [2.05, 4.69) is 0 Å². The summed E-state index contributed by atoms with van der Waals surface area (Å²) in [6.07, 6.45) is -3.52. The zero-order chi connectivity index (χ0) is 22.9. The lowest BCUT2D eigenvalue weighted by atomic mass is 10.2. The molecule has 0 saturated heterocycles. The van der Waals surface area contributed by atoms with E-state index < -0.39 is 19.6 Å². The molecule has 0 amide bonds. The Kier molecular flexibility index (Phi) is 4.39. The van der Waals surface area contributed by atoms with Gasteiger partial charge in [0.1, 0.15) is 5.75 Å². The standard InChI is InChI=1S/C19H25FN2OS/c1-14-5-7-19(17(21)11-14)24-18-8-6-16(23-10-4-9-20)12-15(18)13-22(2)3/h5-8,11-12H,4,9-10,13,21H2,1-3H3/i4D2,9D2,10D2. The Morgan fingerprint density at radius 3 is 2.62 bits per heavy atom. The fourth-order valence-electron chi connectivity index (χ4n) is 2.17. The predicted molar refractivity (Wildman–Crippen MR) is 99.6 cm³/mol. The second kappa shape index (κ2) is 8.94. The highest BCUT2D eigenvalue weighted by atomic mass is 32.2. The molecule has 24 heavy (non-hydrogen) atoms. The molecule has 5 heteroatoms. The molecular formula is C19H25FN2OS. The fraction of sp³-hybridized carbons (Fsp3) is 0.368. The van der Waals surface area contributed by atoms with Crippen LogP contribution in [0.15, 0.2) is 46.2 Å². The van der Waals surface area contributed by atoms with Crippen LogP contribution in [0.25, 0.3) is 0 Å². The number of anilines is 1. The van der Waals surface area contributed by atoms with Gasteiger partial charge in [-0.2, -0.15) is 0 Å². The molecule has 0 atom stereocenters. The molecule has 0 radical (unpaired) electrons. The van der Waals surface area contributed by atoms with Gasteiger partial charge in [0, 0.05) is 31.1 Å². The first-order valence-corrected chi connectivity index (χ1v) is 8.15. The number of alkyl halides is 1. The average molecular weight is 355 g/mol. The quantitative estimate of drug-likeness (QED) is 0.707. The van der Waals surface area contributed by atoms with Crippen LogP contribution < -0.4 is 10.5 Å². The second-order valence-corrected chi connectivity index (χ2v) is 6.66. The smallest absolute Gasteiger partial charge is 0.119 e. The lowest BCUT2D eigenvalue weighted by molar-refractivity contribution is 0.288. The molecule has 0 fully saturated rings. The Morgan fingerprint density at radius 1 is 1.21 bits per heavy atom. The van der Waals surface area contributed by atoms with Crippen LogP contribution in [0.5, 0.6) is 5.75 Å². The van der Waals surface area contributed by atoms with Gasteiger partial charge in [0.05, 0.1) is 18.7 Å². The monoisotopic (exact) mass is 354 g/mol. The van der Waals surface area contributed by atoms with Crippen LogP contribution in [0.4, 0.5) is 10.1 Å². The number of nitrogen functional groups attached to an aromatic ring is 1. The highest BCUT2D eigenvalue weighted by Crippen LogP contribution is 2.36. The Bertz CT molecular complexity index is 905. The number of aryl methyl sites for hydroxylation is 1. The molecule has 2 N–H and O–H groups in total. The van der Waals surface area contributed by atoms with Crippen LogP contribution in [0.3, 0.4) is 0 Å². The average Bonchev–Trinajstić information content (AvgIpc) is 2.57. The summed E-state index contributed by atoms with van der Waals surface area (Å²) in [5, 5.41) is 0. The highest BCUT2D eigenvalue weighted by molar-refractivity contribution is 7.99. The van der Waals surface area contributed by atoms with Crippen molar-refractivity contribution in [2.75, 3.05) is 33.0 Å². The first-order valence-electron chi connectivity index (χ1n) is 10.3. The van der Waals surface area contributed by atoms with Crippen LogP contribution in [0, 0.1) is 6.92 Å². The summed E-state index contributed by atoms with van der Waals surface area (Å²) in [4.78, 5) is 3.60. The number of nitrogens with zero attached hydrogens (tertiary/aromatic N) is 1. The fourth-order valence-corrected chi connectivity index (χ4v) is 3.11. The number of rotatable bonds is 8. The first kappa shape index (κ1) is 11.8. The minimum Gasteiger partial charge on any atom is -0.493 e. The van der Waals surface area contributed by atoms with E-state index in [1.807, 2.05) is 44.1 Å². The topological polar surface area (TPSA) is 38.5 Å². The molecule has 0 aliphatic rings. The number of nitrogens with two attached hydrogens (primary N) is 1. The Balaban J connectivity index is 2.38. The Morgan fingerprint density at radius 2 is 1.96 bits per heavy atom. The predicted octanol–water partition coefficient (Wildman–Crippen LogP) is 4.53. The molecule has 2 aromatic rings. The number of halogens is 1. The summed E-state index contributed by atoms with van der Waals surface area (Å²) < 4.78 is 63.2. The third kappa shape index (κ3) is 5.42. The van der Waals surface area contributed by atoms with E-state index in [0.29, 0.717) is 12.2 Å². The summed E-state index contributed by atoms with van der Waals surface area (Å²) in [5.74, 6) is -0.0359. The van der Waals surface area contributed by atoms with Crippen molar-refractivity contribution in [3.05, 3.63) is 47.5 Å². The van der Waals surface area contributed by atoms with Crippen LogP contribution in [0.2, 0.25) is 0 Å². The second-order valence-electron chi connectivity index (χ2n) is 5.57. The molecule has 0 bridgehead atoms. The van der Waals surface area contributed by atoms with Crippen LogP contribution in [-0.2, 0) is 6.54 Å². The lowest BCUT2D eigenvalue weighted by Crippen LogP contribution is -2.11. The van der Waals surface area contributed by atoms with E-state index in [-0.39, 0.29) is 5.75 Å². The van der Waals surface area contributed by atoms with Gasteiger partial charge in [0.25, 0.3) is 0 Å².